The summed E-state index contributed by atoms with van der Waals surface area (Å²) in [5.41, 5.74) is 6.22. The van der Waals surface area contributed by atoms with Gasteiger partial charge in [0, 0.05) is 0 Å². The van der Waals surface area contributed by atoms with Crippen LogP contribution in [-0.2, 0) is 26.8 Å². The maximum atomic E-state index is 13.3. The SMILES string of the molecule is COC(=O)C1(c2ccccc2)C(CCc2ccccc2)=C1c1ccc(C(C)(C)C)cc1. The normalized spacial score (nSPS) is 18.1. The van der Waals surface area contributed by atoms with Crippen LogP contribution in [0.2, 0.25) is 0 Å². The number of carbonyl (C=O) groups is 1. The van der Waals surface area contributed by atoms with Gasteiger partial charge in [0.15, 0.2) is 0 Å². The van der Waals surface area contributed by atoms with Crippen LogP contribution in [0.15, 0.2) is 90.5 Å². The second kappa shape index (κ2) is 8.19. The van der Waals surface area contributed by atoms with Gasteiger partial charge in [-0.1, -0.05) is 106 Å². The van der Waals surface area contributed by atoms with Gasteiger partial charge < -0.3 is 4.74 Å². The van der Waals surface area contributed by atoms with Crippen LogP contribution < -0.4 is 0 Å². The van der Waals surface area contributed by atoms with Gasteiger partial charge in [-0.3, -0.25) is 4.79 Å². The second-order valence-electron chi connectivity index (χ2n) is 9.27. The van der Waals surface area contributed by atoms with E-state index in [1.165, 1.54) is 18.2 Å². The molecule has 0 fully saturated rings. The average Bonchev–Trinajstić information content (AvgIpc) is 3.47. The summed E-state index contributed by atoms with van der Waals surface area (Å²) < 4.78 is 5.36. The number of hydrogen-bond acceptors (Lipinski definition) is 2. The van der Waals surface area contributed by atoms with Gasteiger partial charge >= 0.3 is 5.97 Å². The fraction of sp³-hybridized carbons (Fsp3) is 0.276. The highest BCUT2D eigenvalue weighted by Crippen LogP contribution is 2.62. The Balaban J connectivity index is 1.77. The van der Waals surface area contributed by atoms with E-state index in [1.807, 2.05) is 36.4 Å². The molecule has 1 unspecified atom stereocenters. The number of aryl methyl sites for hydroxylation is 1. The van der Waals surface area contributed by atoms with Crippen LogP contribution in [0.25, 0.3) is 5.57 Å². The number of carbonyl (C=O) groups excluding carboxylic acids is 1. The van der Waals surface area contributed by atoms with Crippen molar-refractivity contribution >= 4 is 11.5 Å². The van der Waals surface area contributed by atoms with Crippen molar-refractivity contribution in [2.75, 3.05) is 7.11 Å². The smallest absolute Gasteiger partial charge is 0.325 e. The first kappa shape index (κ1) is 21.1. The zero-order chi connectivity index (χ0) is 22.1. The molecule has 2 heteroatoms. The van der Waals surface area contributed by atoms with Gasteiger partial charge in [0.25, 0.3) is 0 Å². The molecule has 0 aliphatic heterocycles. The Morgan fingerprint density at radius 2 is 1.39 bits per heavy atom. The summed E-state index contributed by atoms with van der Waals surface area (Å²) in [6, 6.07) is 29.2. The highest BCUT2D eigenvalue weighted by molar-refractivity contribution is 6.15. The molecule has 1 atom stereocenters. The van der Waals surface area contributed by atoms with Gasteiger partial charge in [-0.25, -0.2) is 0 Å². The topological polar surface area (TPSA) is 26.3 Å². The molecule has 0 heterocycles. The van der Waals surface area contributed by atoms with E-state index >= 15 is 0 Å². The summed E-state index contributed by atoms with van der Waals surface area (Å²) in [4.78, 5) is 13.3. The lowest BCUT2D eigenvalue weighted by molar-refractivity contribution is -0.142. The van der Waals surface area contributed by atoms with Crippen LogP contribution in [0.4, 0.5) is 0 Å². The molecule has 158 valence electrons. The standard InChI is InChI=1S/C29H30O2/c1-28(2,3)23-18-16-22(17-19-23)26-25(20-15-21-11-7-5-8-12-21)29(26,27(30)31-4)24-13-9-6-10-14-24/h5-14,16-19H,15,20H2,1-4H3. The lowest BCUT2D eigenvalue weighted by Gasteiger charge is -2.21. The number of rotatable bonds is 6. The molecule has 1 aliphatic carbocycles. The maximum Gasteiger partial charge on any atom is 0.325 e. The van der Waals surface area contributed by atoms with Crippen LogP contribution in [0.5, 0.6) is 0 Å². The Bertz CT molecular complexity index is 1090. The van der Waals surface area contributed by atoms with Gasteiger partial charge in [0.2, 0.25) is 0 Å². The first-order chi connectivity index (χ1) is 14.9. The van der Waals surface area contributed by atoms with Crippen LogP contribution in [-0.4, -0.2) is 13.1 Å². The van der Waals surface area contributed by atoms with E-state index in [2.05, 4.69) is 69.3 Å². The van der Waals surface area contributed by atoms with Crippen LogP contribution in [0.3, 0.4) is 0 Å². The Morgan fingerprint density at radius 3 is 1.94 bits per heavy atom. The zero-order valence-electron chi connectivity index (χ0n) is 18.8. The predicted molar refractivity (Wildman–Crippen MR) is 127 cm³/mol. The molecule has 2 nitrogen and oxygen atoms in total. The highest BCUT2D eigenvalue weighted by Gasteiger charge is 2.61. The van der Waals surface area contributed by atoms with E-state index in [9.17, 15) is 4.79 Å². The van der Waals surface area contributed by atoms with Crippen molar-refractivity contribution in [2.45, 2.75) is 44.4 Å². The summed E-state index contributed by atoms with van der Waals surface area (Å²) in [6.45, 7) is 6.64. The highest BCUT2D eigenvalue weighted by atomic mass is 16.5. The third-order valence-electron chi connectivity index (χ3n) is 6.31. The molecule has 0 saturated heterocycles. The fourth-order valence-electron chi connectivity index (χ4n) is 4.59. The van der Waals surface area contributed by atoms with Crippen LogP contribution >= 0.6 is 0 Å². The minimum absolute atomic E-state index is 0.0888. The molecule has 0 amide bonds. The first-order valence-corrected chi connectivity index (χ1v) is 10.9. The summed E-state index contributed by atoms with van der Waals surface area (Å²) in [5, 5.41) is 0. The van der Waals surface area contributed by atoms with E-state index in [1.54, 1.807) is 0 Å². The Morgan fingerprint density at radius 1 is 0.806 bits per heavy atom. The number of benzene rings is 3. The molecule has 3 aromatic rings. The molecule has 0 aromatic heterocycles. The quantitative estimate of drug-likeness (QED) is 0.434. The number of hydrogen-bond donors (Lipinski definition) is 0. The third kappa shape index (κ3) is 3.83. The minimum atomic E-state index is -0.784. The van der Waals surface area contributed by atoms with E-state index in [0.717, 1.165) is 35.1 Å². The minimum Gasteiger partial charge on any atom is -0.468 e. The van der Waals surface area contributed by atoms with Gasteiger partial charge in [-0.05, 0) is 51.7 Å². The summed E-state index contributed by atoms with van der Waals surface area (Å²) in [7, 11) is 1.49. The summed E-state index contributed by atoms with van der Waals surface area (Å²) >= 11 is 0. The van der Waals surface area contributed by atoms with Gasteiger partial charge in [-0.2, -0.15) is 0 Å². The van der Waals surface area contributed by atoms with Crippen molar-refractivity contribution in [1.82, 2.24) is 0 Å². The van der Waals surface area contributed by atoms with E-state index in [4.69, 9.17) is 4.74 Å². The van der Waals surface area contributed by atoms with Crippen molar-refractivity contribution < 1.29 is 9.53 Å². The lowest BCUT2D eigenvalue weighted by Crippen LogP contribution is -2.27. The van der Waals surface area contributed by atoms with Crippen molar-refractivity contribution in [2.24, 2.45) is 0 Å². The number of esters is 1. The van der Waals surface area contributed by atoms with Gasteiger partial charge in [0.05, 0.1) is 7.11 Å². The first-order valence-electron chi connectivity index (χ1n) is 10.9. The molecule has 3 aromatic carbocycles. The van der Waals surface area contributed by atoms with E-state index in [0.29, 0.717) is 0 Å². The molecule has 31 heavy (non-hydrogen) atoms. The van der Waals surface area contributed by atoms with Crippen molar-refractivity contribution in [3.8, 4) is 0 Å². The molecule has 0 N–H and O–H groups in total. The molecule has 1 aliphatic rings. The average molecular weight is 411 g/mol. The predicted octanol–water partition coefficient (Wildman–Crippen LogP) is 6.50. The summed E-state index contributed by atoms with van der Waals surface area (Å²) in [5.74, 6) is -0.198. The fourth-order valence-corrected chi connectivity index (χ4v) is 4.59. The molecule has 4 rings (SSSR count). The van der Waals surface area contributed by atoms with Gasteiger partial charge in [-0.15, -0.1) is 0 Å². The summed E-state index contributed by atoms with van der Waals surface area (Å²) in [6.07, 6.45) is 1.72. The van der Waals surface area contributed by atoms with Crippen molar-refractivity contribution in [3.05, 3.63) is 113 Å². The molecular weight excluding hydrogens is 380 g/mol. The van der Waals surface area contributed by atoms with Gasteiger partial charge in [0.1, 0.15) is 5.41 Å². The maximum absolute atomic E-state index is 13.3. The molecular formula is C29H30O2. The lowest BCUT2D eigenvalue weighted by atomic mass is 9.83. The van der Waals surface area contributed by atoms with Crippen molar-refractivity contribution in [3.63, 3.8) is 0 Å². The number of methoxy groups -OCH3 is 1. The van der Waals surface area contributed by atoms with Crippen LogP contribution in [0, 0.1) is 0 Å². The van der Waals surface area contributed by atoms with E-state index in [-0.39, 0.29) is 11.4 Å². The molecule has 0 radical (unpaired) electrons. The zero-order valence-corrected chi connectivity index (χ0v) is 18.8. The monoisotopic (exact) mass is 410 g/mol. The number of ether oxygens (including phenoxy) is 1. The van der Waals surface area contributed by atoms with E-state index < -0.39 is 5.41 Å². The Kier molecular flexibility index (Phi) is 5.58. The second-order valence-corrected chi connectivity index (χ2v) is 9.27. The van der Waals surface area contributed by atoms with Crippen molar-refractivity contribution in [1.29, 1.82) is 0 Å². The van der Waals surface area contributed by atoms with Crippen LogP contribution in [0.1, 0.15) is 49.4 Å². The molecule has 0 saturated carbocycles. The molecule has 0 spiro atoms. The third-order valence-corrected chi connectivity index (χ3v) is 6.31. The Labute approximate surface area is 185 Å². The molecule has 0 bridgehead atoms. The largest absolute Gasteiger partial charge is 0.468 e. The Hall–Kier alpha value is -3.13.